The predicted molar refractivity (Wildman–Crippen MR) is 65.1 cm³/mol. The van der Waals surface area contributed by atoms with Crippen molar-refractivity contribution in [1.82, 2.24) is 5.32 Å². The largest absolute Gasteiger partial charge is 0.497 e. The molecule has 0 fully saturated rings. The average Bonchev–Trinajstić information content (AvgIpc) is 2.36. The monoisotopic (exact) mass is 274 g/mol. The maximum atomic E-state index is 12.2. The molecule has 0 unspecified atom stereocenters. The maximum absolute atomic E-state index is 12.2. The molecular weight excluding hydrogens is 258 g/mol. The third-order valence-electron chi connectivity index (χ3n) is 2.35. The molecular formula is C12H16F2N2O3. The summed E-state index contributed by atoms with van der Waals surface area (Å²) >= 11 is 0. The van der Waals surface area contributed by atoms with Gasteiger partial charge in [0, 0.05) is 12.1 Å². The molecule has 7 heteroatoms. The predicted octanol–water partition coefficient (Wildman–Crippen LogP) is 1.26. The number of carbonyl (C=O) groups is 1. The molecule has 0 spiro atoms. The van der Waals surface area contributed by atoms with Crippen molar-refractivity contribution < 1.29 is 23.0 Å². The number of ether oxygens (including phenoxy) is 2. The lowest BCUT2D eigenvalue weighted by Crippen LogP contribution is -2.37. The second-order valence-corrected chi connectivity index (χ2v) is 3.86. The van der Waals surface area contributed by atoms with E-state index < -0.39 is 12.7 Å². The molecule has 0 aromatic heterocycles. The summed E-state index contributed by atoms with van der Waals surface area (Å²) in [5, 5.41) is 2.52. The Kier molecular flexibility index (Phi) is 5.50. The molecule has 106 valence electrons. The molecule has 1 aromatic carbocycles. The number of hydrogen-bond donors (Lipinski definition) is 2. The van der Waals surface area contributed by atoms with Crippen LogP contribution in [0.4, 0.5) is 8.78 Å². The summed E-state index contributed by atoms with van der Waals surface area (Å²) in [5.74, 6) is 0.0817. The van der Waals surface area contributed by atoms with Gasteiger partial charge in [-0.2, -0.15) is 8.78 Å². The Balaban J connectivity index is 2.85. The second kappa shape index (κ2) is 6.89. The first-order chi connectivity index (χ1) is 8.93. The smallest absolute Gasteiger partial charge is 0.387 e. The number of halogens is 2. The minimum Gasteiger partial charge on any atom is -0.497 e. The highest BCUT2D eigenvalue weighted by atomic mass is 19.3. The standard InChI is InChI=1S/C12H16F2N2O3/c1-7(15)11(17)16-6-8-5-9(18-2)3-4-10(8)19-12(13)14/h3-5,7,12H,6,15H2,1-2H3,(H,16,17)/t7-/m1/s1. The van der Waals surface area contributed by atoms with Crippen molar-refractivity contribution in [3.05, 3.63) is 23.8 Å². The van der Waals surface area contributed by atoms with E-state index in [1.165, 1.54) is 32.2 Å². The first kappa shape index (κ1) is 15.2. The van der Waals surface area contributed by atoms with E-state index in [1.807, 2.05) is 0 Å². The maximum Gasteiger partial charge on any atom is 0.387 e. The number of alkyl halides is 2. The van der Waals surface area contributed by atoms with Gasteiger partial charge in [-0.05, 0) is 25.1 Å². The molecule has 0 heterocycles. The van der Waals surface area contributed by atoms with Crippen LogP contribution in [0.3, 0.4) is 0 Å². The van der Waals surface area contributed by atoms with Gasteiger partial charge in [-0.25, -0.2) is 0 Å². The van der Waals surface area contributed by atoms with Crippen molar-refractivity contribution in [1.29, 1.82) is 0 Å². The quantitative estimate of drug-likeness (QED) is 0.819. The van der Waals surface area contributed by atoms with Crippen LogP contribution in [-0.2, 0) is 11.3 Å². The highest BCUT2D eigenvalue weighted by molar-refractivity contribution is 5.81. The summed E-state index contributed by atoms with van der Waals surface area (Å²) in [6.45, 7) is -1.38. The molecule has 0 saturated heterocycles. The fraction of sp³-hybridized carbons (Fsp3) is 0.417. The molecule has 0 aliphatic carbocycles. The Bertz CT molecular complexity index is 439. The molecule has 1 amide bonds. The van der Waals surface area contributed by atoms with E-state index in [0.29, 0.717) is 11.3 Å². The van der Waals surface area contributed by atoms with Gasteiger partial charge in [0.05, 0.1) is 13.2 Å². The minimum absolute atomic E-state index is 0.0132. The van der Waals surface area contributed by atoms with E-state index in [4.69, 9.17) is 10.5 Å². The molecule has 5 nitrogen and oxygen atoms in total. The van der Waals surface area contributed by atoms with Gasteiger partial charge in [0.2, 0.25) is 5.91 Å². The summed E-state index contributed by atoms with van der Waals surface area (Å²) in [4.78, 5) is 11.3. The Labute approximate surface area is 109 Å². The van der Waals surface area contributed by atoms with Crippen LogP contribution in [0.2, 0.25) is 0 Å². The Morgan fingerprint density at radius 2 is 2.16 bits per heavy atom. The molecule has 1 aromatic rings. The van der Waals surface area contributed by atoms with Crippen LogP contribution in [0.1, 0.15) is 12.5 Å². The van der Waals surface area contributed by atoms with Gasteiger partial charge in [0.1, 0.15) is 11.5 Å². The van der Waals surface area contributed by atoms with Crippen LogP contribution in [-0.4, -0.2) is 25.7 Å². The second-order valence-electron chi connectivity index (χ2n) is 3.86. The zero-order valence-electron chi connectivity index (χ0n) is 10.7. The van der Waals surface area contributed by atoms with Crippen molar-refractivity contribution in [2.24, 2.45) is 5.73 Å². The van der Waals surface area contributed by atoms with Crippen LogP contribution >= 0.6 is 0 Å². The molecule has 0 bridgehead atoms. The van der Waals surface area contributed by atoms with Gasteiger partial charge in [0.25, 0.3) is 0 Å². The highest BCUT2D eigenvalue weighted by Gasteiger charge is 2.13. The molecule has 0 radical (unpaired) electrons. The molecule has 1 rings (SSSR count). The van der Waals surface area contributed by atoms with Crippen LogP contribution in [0, 0.1) is 0 Å². The van der Waals surface area contributed by atoms with E-state index >= 15 is 0 Å². The Morgan fingerprint density at radius 1 is 1.47 bits per heavy atom. The van der Waals surface area contributed by atoms with Gasteiger partial charge >= 0.3 is 6.61 Å². The average molecular weight is 274 g/mol. The Hall–Kier alpha value is -1.89. The van der Waals surface area contributed by atoms with Crippen molar-refractivity contribution >= 4 is 5.91 Å². The summed E-state index contributed by atoms with van der Waals surface area (Å²) in [7, 11) is 1.45. The van der Waals surface area contributed by atoms with Crippen LogP contribution < -0.4 is 20.5 Å². The summed E-state index contributed by atoms with van der Waals surface area (Å²) < 4.78 is 33.9. The third kappa shape index (κ3) is 4.70. The number of amides is 1. The van der Waals surface area contributed by atoms with Gasteiger partial charge in [-0.3, -0.25) is 4.79 Å². The van der Waals surface area contributed by atoms with E-state index in [2.05, 4.69) is 10.1 Å². The SMILES string of the molecule is COc1ccc(OC(F)F)c(CNC(=O)[C@@H](C)N)c1. The zero-order valence-corrected chi connectivity index (χ0v) is 10.7. The zero-order chi connectivity index (χ0) is 14.4. The van der Waals surface area contributed by atoms with Gasteiger partial charge < -0.3 is 20.5 Å². The highest BCUT2D eigenvalue weighted by Crippen LogP contribution is 2.25. The topological polar surface area (TPSA) is 73.6 Å². The van der Waals surface area contributed by atoms with E-state index in [-0.39, 0.29) is 18.2 Å². The summed E-state index contributed by atoms with van der Waals surface area (Å²) in [6.07, 6.45) is 0. The number of hydrogen-bond acceptors (Lipinski definition) is 4. The number of nitrogens with two attached hydrogens (primary N) is 1. The van der Waals surface area contributed by atoms with Crippen molar-refractivity contribution in [2.75, 3.05) is 7.11 Å². The fourth-order valence-electron chi connectivity index (χ4n) is 1.38. The molecule has 0 aliphatic heterocycles. The summed E-state index contributed by atoms with van der Waals surface area (Å²) in [6, 6.07) is 3.69. The number of rotatable bonds is 6. The lowest BCUT2D eigenvalue weighted by molar-refractivity contribution is -0.122. The molecule has 3 N–H and O–H groups in total. The van der Waals surface area contributed by atoms with Crippen molar-refractivity contribution in [2.45, 2.75) is 26.1 Å². The lowest BCUT2D eigenvalue weighted by atomic mass is 10.2. The summed E-state index contributed by atoms with van der Waals surface area (Å²) in [5.41, 5.74) is 5.77. The third-order valence-corrected chi connectivity index (χ3v) is 2.35. The van der Waals surface area contributed by atoms with Crippen molar-refractivity contribution in [3.8, 4) is 11.5 Å². The number of methoxy groups -OCH3 is 1. The van der Waals surface area contributed by atoms with Gasteiger partial charge in [-0.1, -0.05) is 0 Å². The van der Waals surface area contributed by atoms with Crippen molar-refractivity contribution in [3.63, 3.8) is 0 Å². The normalized spacial score (nSPS) is 12.1. The number of nitrogens with one attached hydrogen (secondary N) is 1. The number of carbonyl (C=O) groups excluding carboxylic acids is 1. The van der Waals surface area contributed by atoms with E-state index in [9.17, 15) is 13.6 Å². The van der Waals surface area contributed by atoms with E-state index in [0.717, 1.165) is 0 Å². The Morgan fingerprint density at radius 3 is 2.68 bits per heavy atom. The van der Waals surface area contributed by atoms with Gasteiger partial charge in [0.15, 0.2) is 0 Å². The fourth-order valence-corrected chi connectivity index (χ4v) is 1.38. The van der Waals surface area contributed by atoms with Crippen LogP contribution in [0.5, 0.6) is 11.5 Å². The minimum atomic E-state index is -2.93. The molecule has 0 saturated carbocycles. The van der Waals surface area contributed by atoms with E-state index in [1.54, 1.807) is 0 Å². The van der Waals surface area contributed by atoms with Crippen LogP contribution in [0.25, 0.3) is 0 Å². The van der Waals surface area contributed by atoms with Gasteiger partial charge in [-0.15, -0.1) is 0 Å². The number of benzene rings is 1. The molecule has 1 atom stereocenters. The first-order valence-electron chi connectivity index (χ1n) is 5.59. The molecule has 0 aliphatic rings. The molecule has 19 heavy (non-hydrogen) atoms. The first-order valence-corrected chi connectivity index (χ1v) is 5.59. The van der Waals surface area contributed by atoms with Crippen LogP contribution in [0.15, 0.2) is 18.2 Å². The lowest BCUT2D eigenvalue weighted by Gasteiger charge is -2.13.